The molecule has 0 spiro atoms. The van der Waals surface area contributed by atoms with Gasteiger partial charge < -0.3 is 10.6 Å². The third-order valence-electron chi connectivity index (χ3n) is 4.02. The Hall–Kier alpha value is -1.30. The molecule has 2 rings (SSSR count). The number of benzene rings is 1. The zero-order valence-electron chi connectivity index (χ0n) is 11.9. The van der Waals surface area contributed by atoms with Crippen molar-refractivity contribution in [1.82, 2.24) is 0 Å². The minimum atomic E-state index is -4.46. The predicted octanol–water partition coefficient (Wildman–Crippen LogP) is 3.97. The van der Waals surface area contributed by atoms with Crippen LogP contribution < -0.4 is 10.6 Å². The Morgan fingerprint density at radius 2 is 1.95 bits per heavy atom. The highest BCUT2D eigenvalue weighted by Gasteiger charge is 2.34. The molecule has 6 heteroatoms. The average molecular weight is 316 g/mol. The SMILES string of the molecule is CN(CC1CCCC1)c1ccc(C(N)=S)c(C(F)(F)F)c1. The van der Waals surface area contributed by atoms with Crippen molar-refractivity contribution in [2.45, 2.75) is 31.9 Å². The molecule has 0 aromatic heterocycles. The second-order valence-electron chi connectivity index (χ2n) is 5.62. The molecule has 0 atom stereocenters. The number of hydrogen-bond donors (Lipinski definition) is 1. The molecule has 1 fully saturated rings. The second-order valence-corrected chi connectivity index (χ2v) is 6.06. The van der Waals surface area contributed by atoms with Gasteiger partial charge in [-0.2, -0.15) is 13.2 Å². The lowest BCUT2D eigenvalue weighted by molar-refractivity contribution is -0.137. The topological polar surface area (TPSA) is 29.3 Å². The zero-order valence-corrected chi connectivity index (χ0v) is 12.7. The van der Waals surface area contributed by atoms with Crippen LogP contribution in [0.5, 0.6) is 0 Å². The number of halogens is 3. The smallest absolute Gasteiger partial charge is 0.389 e. The third-order valence-corrected chi connectivity index (χ3v) is 4.24. The molecule has 21 heavy (non-hydrogen) atoms. The van der Waals surface area contributed by atoms with Gasteiger partial charge in [0.2, 0.25) is 0 Å². The molecule has 2 nitrogen and oxygen atoms in total. The van der Waals surface area contributed by atoms with Gasteiger partial charge in [-0.15, -0.1) is 0 Å². The Morgan fingerprint density at radius 3 is 2.48 bits per heavy atom. The van der Waals surface area contributed by atoms with Crippen molar-refractivity contribution in [2.24, 2.45) is 11.7 Å². The molecular weight excluding hydrogens is 297 g/mol. The van der Waals surface area contributed by atoms with Gasteiger partial charge in [-0.25, -0.2) is 0 Å². The van der Waals surface area contributed by atoms with E-state index in [1.165, 1.54) is 18.9 Å². The van der Waals surface area contributed by atoms with Crippen LogP contribution in [-0.2, 0) is 6.18 Å². The lowest BCUT2D eigenvalue weighted by Gasteiger charge is -2.24. The summed E-state index contributed by atoms with van der Waals surface area (Å²) in [5.74, 6) is 0.569. The van der Waals surface area contributed by atoms with E-state index >= 15 is 0 Å². The van der Waals surface area contributed by atoms with Crippen LogP contribution in [0.2, 0.25) is 0 Å². The average Bonchev–Trinajstić information content (AvgIpc) is 2.89. The third kappa shape index (κ3) is 3.87. The van der Waals surface area contributed by atoms with E-state index in [-0.39, 0.29) is 10.6 Å². The van der Waals surface area contributed by atoms with Gasteiger partial charge in [0.05, 0.1) is 5.56 Å². The highest BCUT2D eigenvalue weighted by molar-refractivity contribution is 7.80. The molecule has 0 saturated heterocycles. The van der Waals surface area contributed by atoms with E-state index in [1.807, 2.05) is 11.9 Å². The Labute approximate surface area is 128 Å². The summed E-state index contributed by atoms with van der Waals surface area (Å²) in [6.07, 6.45) is 0.283. The number of alkyl halides is 3. The van der Waals surface area contributed by atoms with E-state index < -0.39 is 11.7 Å². The zero-order chi connectivity index (χ0) is 15.6. The molecule has 1 aromatic rings. The van der Waals surface area contributed by atoms with E-state index in [0.717, 1.165) is 25.5 Å². The summed E-state index contributed by atoms with van der Waals surface area (Å²) in [6.45, 7) is 0.781. The lowest BCUT2D eigenvalue weighted by atomic mass is 10.0. The largest absolute Gasteiger partial charge is 0.417 e. The van der Waals surface area contributed by atoms with Crippen molar-refractivity contribution in [2.75, 3.05) is 18.5 Å². The molecule has 0 bridgehead atoms. The first-order valence-electron chi connectivity index (χ1n) is 7.01. The monoisotopic (exact) mass is 316 g/mol. The molecule has 0 amide bonds. The minimum Gasteiger partial charge on any atom is -0.389 e. The summed E-state index contributed by atoms with van der Waals surface area (Å²) in [5.41, 5.74) is 5.06. The Kier molecular flexibility index (Phi) is 4.76. The number of anilines is 1. The van der Waals surface area contributed by atoms with E-state index in [1.54, 1.807) is 6.07 Å². The summed E-state index contributed by atoms with van der Waals surface area (Å²) in [5, 5.41) is 0. The van der Waals surface area contributed by atoms with Crippen molar-refractivity contribution in [3.8, 4) is 0 Å². The van der Waals surface area contributed by atoms with Crippen LogP contribution in [0.4, 0.5) is 18.9 Å². The second kappa shape index (κ2) is 6.22. The fourth-order valence-electron chi connectivity index (χ4n) is 2.90. The summed E-state index contributed by atoms with van der Waals surface area (Å²) in [6, 6.07) is 4.16. The van der Waals surface area contributed by atoms with Crippen LogP contribution in [0.25, 0.3) is 0 Å². The maximum Gasteiger partial charge on any atom is 0.417 e. The van der Waals surface area contributed by atoms with Gasteiger partial charge in [0.25, 0.3) is 0 Å². The normalized spacial score (nSPS) is 16.2. The molecule has 1 saturated carbocycles. The quantitative estimate of drug-likeness (QED) is 0.852. The summed E-state index contributed by atoms with van der Waals surface area (Å²) in [7, 11) is 1.83. The van der Waals surface area contributed by atoms with E-state index in [2.05, 4.69) is 0 Å². The molecule has 1 aliphatic rings. The van der Waals surface area contributed by atoms with Crippen LogP contribution in [0.3, 0.4) is 0 Å². The number of nitrogens with zero attached hydrogens (tertiary/aromatic N) is 1. The molecule has 0 radical (unpaired) electrons. The molecule has 1 aromatic carbocycles. The number of rotatable bonds is 4. The lowest BCUT2D eigenvalue weighted by Crippen LogP contribution is -2.25. The molecule has 0 aliphatic heterocycles. The number of hydrogen-bond acceptors (Lipinski definition) is 2. The van der Waals surface area contributed by atoms with Crippen LogP contribution in [0, 0.1) is 5.92 Å². The molecular formula is C15H19F3N2S. The standard InChI is InChI=1S/C15H19F3N2S/c1-20(9-10-4-2-3-5-10)11-6-7-12(14(19)21)13(8-11)15(16,17)18/h6-8,10H,2-5,9H2,1H3,(H2,19,21). The Bertz CT molecular complexity index is 522. The minimum absolute atomic E-state index is 0.115. The first-order chi connectivity index (χ1) is 9.79. The summed E-state index contributed by atoms with van der Waals surface area (Å²) < 4.78 is 39.4. The molecule has 0 unspecified atom stereocenters. The van der Waals surface area contributed by atoms with Crippen LogP contribution >= 0.6 is 12.2 Å². The summed E-state index contributed by atoms with van der Waals surface area (Å²) in [4.78, 5) is 1.65. The molecule has 0 heterocycles. The maximum absolute atomic E-state index is 13.1. The van der Waals surface area contributed by atoms with Gasteiger partial charge in [-0.05, 0) is 37.0 Å². The van der Waals surface area contributed by atoms with Gasteiger partial charge in [-0.1, -0.05) is 25.1 Å². The van der Waals surface area contributed by atoms with Crippen LogP contribution in [0.1, 0.15) is 36.8 Å². The highest BCUT2D eigenvalue weighted by Crippen LogP contribution is 2.35. The van der Waals surface area contributed by atoms with Crippen molar-refractivity contribution >= 4 is 22.9 Å². The van der Waals surface area contributed by atoms with Crippen LogP contribution in [-0.4, -0.2) is 18.6 Å². The number of nitrogens with two attached hydrogens (primary N) is 1. The fourth-order valence-corrected chi connectivity index (χ4v) is 3.08. The fraction of sp³-hybridized carbons (Fsp3) is 0.533. The van der Waals surface area contributed by atoms with Gasteiger partial charge in [0, 0.05) is 24.8 Å². The van der Waals surface area contributed by atoms with Crippen molar-refractivity contribution in [3.63, 3.8) is 0 Å². The van der Waals surface area contributed by atoms with E-state index in [9.17, 15) is 13.2 Å². The molecule has 1 aliphatic carbocycles. The molecule has 116 valence electrons. The van der Waals surface area contributed by atoms with Crippen molar-refractivity contribution in [1.29, 1.82) is 0 Å². The molecule has 2 N–H and O–H groups in total. The Balaban J connectivity index is 2.26. The Morgan fingerprint density at radius 1 is 1.33 bits per heavy atom. The highest BCUT2D eigenvalue weighted by atomic mass is 32.1. The predicted molar refractivity (Wildman–Crippen MR) is 82.6 cm³/mol. The maximum atomic E-state index is 13.1. The first-order valence-corrected chi connectivity index (χ1v) is 7.42. The van der Waals surface area contributed by atoms with E-state index in [0.29, 0.717) is 11.6 Å². The van der Waals surface area contributed by atoms with E-state index in [4.69, 9.17) is 18.0 Å². The van der Waals surface area contributed by atoms with Gasteiger partial charge in [-0.3, -0.25) is 0 Å². The van der Waals surface area contributed by atoms with Crippen molar-refractivity contribution in [3.05, 3.63) is 29.3 Å². The van der Waals surface area contributed by atoms with Gasteiger partial charge in [0.1, 0.15) is 4.99 Å². The van der Waals surface area contributed by atoms with Crippen LogP contribution in [0.15, 0.2) is 18.2 Å². The van der Waals surface area contributed by atoms with Crippen molar-refractivity contribution < 1.29 is 13.2 Å². The number of thiocarbonyl (C=S) groups is 1. The first kappa shape index (κ1) is 16.1. The van der Waals surface area contributed by atoms with Gasteiger partial charge in [0.15, 0.2) is 0 Å². The summed E-state index contributed by atoms with van der Waals surface area (Å²) >= 11 is 4.71. The van der Waals surface area contributed by atoms with Gasteiger partial charge >= 0.3 is 6.18 Å².